The molecule has 14 aromatic carbocycles. The zero-order valence-electron chi connectivity index (χ0n) is 48.4. The number of benzene rings is 14. The second kappa shape index (κ2) is 25.6. The molecule has 0 saturated heterocycles. The fourth-order valence-electron chi connectivity index (χ4n) is 11.9. The van der Waals surface area contributed by atoms with E-state index in [1.165, 1.54) is 110 Å². The molecular weight excluding hydrogens is 1300 g/mol. The molecule has 89 heavy (non-hydrogen) atoms. The number of nitrogen functional groups attached to an aromatic ring is 1. The Labute approximate surface area is 547 Å². The van der Waals surface area contributed by atoms with Gasteiger partial charge in [0.2, 0.25) is 0 Å². The van der Waals surface area contributed by atoms with Crippen molar-refractivity contribution in [1.82, 2.24) is 4.57 Å². The maximum absolute atomic E-state index is 5.62. The molecule has 0 aliphatic rings. The molecule has 0 atom stereocenters. The van der Waals surface area contributed by atoms with Crippen LogP contribution in [0.15, 0.2) is 327 Å². The van der Waals surface area contributed by atoms with Gasteiger partial charge >= 0.3 is 0 Å². The van der Waals surface area contributed by atoms with Gasteiger partial charge in [-0.05, 0) is 187 Å². The number of rotatable bonds is 7. The first kappa shape index (κ1) is 57.2. The molecule has 0 spiro atoms. The first-order valence-corrected chi connectivity index (χ1v) is 33.0. The molecule has 0 aliphatic heterocycles. The summed E-state index contributed by atoms with van der Waals surface area (Å²) >= 11 is 9.66. The number of thiophene rings is 2. The molecule has 0 radical (unpaired) electrons. The summed E-state index contributed by atoms with van der Waals surface area (Å²) in [4.78, 5) is 2.34. The van der Waals surface area contributed by atoms with Crippen LogP contribution >= 0.6 is 61.2 Å². The van der Waals surface area contributed by atoms with Gasteiger partial charge in [-0.3, -0.25) is 0 Å². The molecule has 0 amide bonds. The van der Waals surface area contributed by atoms with E-state index in [4.69, 9.17) is 5.73 Å². The maximum Gasteiger partial charge on any atom is 0.0619 e. The van der Waals surface area contributed by atoms with E-state index in [2.05, 4.69) is 340 Å². The molecule has 3 aromatic heterocycles. The Balaban J connectivity index is 0.000000113. The zero-order valence-corrected chi connectivity index (χ0v) is 53.7. The molecule has 0 saturated carbocycles. The van der Waals surface area contributed by atoms with E-state index in [1.807, 2.05) is 59.1 Å². The summed E-state index contributed by atoms with van der Waals surface area (Å²) in [6.45, 7) is 4.02. The summed E-state index contributed by atoms with van der Waals surface area (Å²) in [6.07, 6.45) is 1.92. The molecule has 17 rings (SSSR count). The Bertz CT molecular complexity index is 5400. The van der Waals surface area contributed by atoms with Crippen molar-refractivity contribution in [1.29, 1.82) is 0 Å². The Morgan fingerprint density at radius 3 is 1.51 bits per heavy atom. The number of nitrogens with two attached hydrogens (primary N) is 1. The third kappa shape index (κ3) is 12.0. The van der Waals surface area contributed by atoms with Crippen LogP contribution in [0.4, 0.5) is 22.7 Å². The number of fused-ring (bicyclic) bond motifs is 10. The van der Waals surface area contributed by atoms with Crippen LogP contribution in [-0.2, 0) is 0 Å². The van der Waals surface area contributed by atoms with E-state index in [-0.39, 0.29) is 0 Å². The van der Waals surface area contributed by atoms with Crippen LogP contribution in [0.2, 0.25) is 0 Å². The number of halogens is 2. The quantitative estimate of drug-likeness (QED) is 0.127. The number of anilines is 4. The zero-order chi connectivity index (χ0) is 60.2. The first-order chi connectivity index (χ1) is 43.8. The van der Waals surface area contributed by atoms with Gasteiger partial charge in [-0.2, -0.15) is 0 Å². The van der Waals surface area contributed by atoms with Crippen molar-refractivity contribution in [3.8, 4) is 28.1 Å². The highest BCUT2D eigenvalue weighted by atomic mass is 127. The van der Waals surface area contributed by atoms with Crippen LogP contribution in [0.3, 0.4) is 0 Å². The highest BCUT2D eigenvalue weighted by Crippen LogP contribution is 2.45. The summed E-state index contributed by atoms with van der Waals surface area (Å²) in [6, 6.07) is 112. The lowest BCUT2D eigenvalue weighted by atomic mass is 9.98. The molecule has 0 unspecified atom stereocenters. The van der Waals surface area contributed by atoms with Gasteiger partial charge in [-0.15, -0.1) is 22.7 Å². The fourth-order valence-corrected chi connectivity index (χ4v) is 14.8. The number of hydrogen-bond acceptors (Lipinski definition) is 4. The number of nitrogens with zero attached hydrogens (tertiary/aromatic N) is 2. The van der Waals surface area contributed by atoms with Gasteiger partial charge in [0.1, 0.15) is 0 Å². The van der Waals surface area contributed by atoms with Crippen molar-refractivity contribution in [2.24, 2.45) is 0 Å². The molecule has 7 heteroatoms. The Kier molecular flexibility index (Phi) is 16.4. The molecule has 3 heterocycles. The third-order valence-corrected chi connectivity index (χ3v) is 19.6. The predicted molar refractivity (Wildman–Crippen MR) is 401 cm³/mol. The second-order valence-electron chi connectivity index (χ2n) is 21.8. The standard InChI is InChI=1S/C32H23N.C28H18BrNS.C12H7IS.C10H9N/c1-2-23-17-20-29-30(21-23)33(28-19-18-24-11-9-10-16-27(24)22-28)32(26-14-7-4-8-15-26)31(29)25-12-5-3-6-13-25;29-21-10-13-22(14-11-21)30(23-12-9-19-5-1-2-6-20(19)17-23)24-15-16-28-26(18-24)25-7-3-4-8-27(25)31-28;13-8-5-6-12-10(7-8)9-3-1-2-4-11(9)14-12;11-10-6-5-8-3-1-2-4-9(8)7-10/h2-22H,1H2;1-18H;1-7H;1-7H,11H2. The molecule has 17 aromatic rings. The average molecular weight is 1360 g/mol. The van der Waals surface area contributed by atoms with Gasteiger partial charge in [-0.1, -0.05) is 229 Å². The van der Waals surface area contributed by atoms with Crippen LogP contribution in [0.1, 0.15) is 5.56 Å². The van der Waals surface area contributed by atoms with E-state index in [1.54, 1.807) is 0 Å². The molecule has 3 nitrogen and oxygen atoms in total. The lowest BCUT2D eigenvalue weighted by Crippen LogP contribution is -2.09. The van der Waals surface area contributed by atoms with Gasteiger partial charge in [0.15, 0.2) is 0 Å². The summed E-state index contributed by atoms with van der Waals surface area (Å²) in [7, 11) is 0. The van der Waals surface area contributed by atoms with E-state index in [0.29, 0.717) is 0 Å². The van der Waals surface area contributed by atoms with E-state index in [0.717, 1.165) is 38.5 Å². The SMILES string of the molecule is Brc1ccc(N(c2ccc3ccccc3c2)c2ccc3sc4ccccc4c3c2)cc1.C=Cc1ccc2c(-c3ccccc3)c(-c3ccccc3)n(-c3ccc4ccccc4c3)c2c1.Ic1ccc2sc3ccccc3c2c1.Nc1ccc2ccccc2c1. The Morgan fingerprint density at radius 2 is 0.865 bits per heavy atom. The van der Waals surface area contributed by atoms with Gasteiger partial charge in [0.25, 0.3) is 0 Å². The van der Waals surface area contributed by atoms with Gasteiger partial charge in [0.05, 0.1) is 11.2 Å². The van der Waals surface area contributed by atoms with Crippen molar-refractivity contribution in [3.63, 3.8) is 0 Å². The lowest BCUT2D eigenvalue weighted by molar-refractivity contribution is 1.14. The van der Waals surface area contributed by atoms with Crippen molar-refractivity contribution < 1.29 is 0 Å². The van der Waals surface area contributed by atoms with Crippen LogP contribution in [0.25, 0.3) is 118 Å². The van der Waals surface area contributed by atoms with Gasteiger partial charge in [0, 0.05) is 87.8 Å². The van der Waals surface area contributed by atoms with Crippen LogP contribution in [0, 0.1) is 3.57 Å². The predicted octanol–water partition coefficient (Wildman–Crippen LogP) is 25.3. The minimum absolute atomic E-state index is 0.823. The summed E-state index contributed by atoms with van der Waals surface area (Å²) in [5, 5.41) is 14.0. The van der Waals surface area contributed by atoms with Gasteiger partial charge < -0.3 is 15.2 Å². The third-order valence-electron chi connectivity index (χ3n) is 16.1. The molecule has 0 bridgehead atoms. The van der Waals surface area contributed by atoms with E-state index < -0.39 is 0 Å². The topological polar surface area (TPSA) is 34.2 Å². The van der Waals surface area contributed by atoms with Crippen molar-refractivity contribution in [2.75, 3.05) is 10.6 Å². The molecule has 0 aliphatic carbocycles. The minimum atomic E-state index is 0.823. The van der Waals surface area contributed by atoms with Crippen molar-refractivity contribution in [3.05, 3.63) is 336 Å². The number of hydrogen-bond donors (Lipinski definition) is 1. The first-order valence-electron chi connectivity index (χ1n) is 29.5. The molecular formula is C82H57BrIN3S2. The van der Waals surface area contributed by atoms with Crippen LogP contribution < -0.4 is 10.6 Å². The van der Waals surface area contributed by atoms with Gasteiger partial charge in [-0.25, -0.2) is 0 Å². The summed E-state index contributed by atoms with van der Waals surface area (Å²) < 4.78 is 10.2. The normalized spacial score (nSPS) is 11.1. The summed E-state index contributed by atoms with van der Waals surface area (Å²) in [5.41, 5.74) is 18.2. The second-order valence-corrected chi connectivity index (χ2v) is 26.1. The Morgan fingerprint density at radius 1 is 0.382 bits per heavy atom. The average Bonchev–Trinajstić information content (AvgIpc) is 1.76. The molecule has 426 valence electrons. The van der Waals surface area contributed by atoms with E-state index >= 15 is 0 Å². The molecule has 0 fully saturated rings. The summed E-state index contributed by atoms with van der Waals surface area (Å²) in [5.74, 6) is 0. The van der Waals surface area contributed by atoms with Crippen molar-refractivity contribution >= 4 is 174 Å². The largest absolute Gasteiger partial charge is 0.399 e. The Hall–Kier alpha value is -9.61. The van der Waals surface area contributed by atoms with Crippen molar-refractivity contribution in [2.45, 2.75) is 0 Å². The highest BCUT2D eigenvalue weighted by molar-refractivity contribution is 14.1. The highest BCUT2D eigenvalue weighted by Gasteiger charge is 2.22. The minimum Gasteiger partial charge on any atom is -0.399 e. The smallest absolute Gasteiger partial charge is 0.0619 e. The monoisotopic (exact) mass is 1350 g/mol. The van der Waals surface area contributed by atoms with E-state index in [9.17, 15) is 0 Å². The number of aromatic nitrogens is 1. The molecule has 2 N–H and O–H groups in total. The lowest BCUT2D eigenvalue weighted by Gasteiger charge is -2.26. The fraction of sp³-hybridized carbons (Fsp3) is 0. The van der Waals surface area contributed by atoms with Crippen LogP contribution in [-0.4, -0.2) is 4.57 Å². The maximum atomic E-state index is 5.62. The van der Waals surface area contributed by atoms with Crippen LogP contribution in [0.5, 0.6) is 0 Å².